The predicted molar refractivity (Wildman–Crippen MR) is 84.1 cm³/mol. The number of thioether (sulfide) groups is 1. The quantitative estimate of drug-likeness (QED) is 0.813. The van der Waals surface area contributed by atoms with E-state index in [1.807, 2.05) is 0 Å². The summed E-state index contributed by atoms with van der Waals surface area (Å²) >= 11 is 1.43. The number of benzene rings is 1. The van der Waals surface area contributed by atoms with Crippen molar-refractivity contribution >= 4 is 23.6 Å². The molecule has 1 aromatic carbocycles. The number of halogens is 3. The SMILES string of the molecule is O=C1CSCN1CC(=O)N(Cc1ccccc1C(F)(F)F)C1CC1. The van der Waals surface area contributed by atoms with Gasteiger partial charge in [0.2, 0.25) is 11.8 Å². The lowest BCUT2D eigenvalue weighted by atomic mass is 10.1. The molecule has 0 N–H and O–H groups in total. The molecule has 3 rings (SSSR count). The molecule has 1 aliphatic carbocycles. The van der Waals surface area contributed by atoms with Crippen molar-refractivity contribution in [1.82, 2.24) is 9.80 Å². The van der Waals surface area contributed by atoms with Gasteiger partial charge in [0.1, 0.15) is 6.54 Å². The number of hydrogen-bond acceptors (Lipinski definition) is 3. The minimum absolute atomic E-state index is 0.0239. The summed E-state index contributed by atoms with van der Waals surface area (Å²) in [5.41, 5.74) is -0.622. The van der Waals surface area contributed by atoms with Gasteiger partial charge in [-0.05, 0) is 24.5 Å². The van der Waals surface area contributed by atoms with Gasteiger partial charge in [-0.2, -0.15) is 13.2 Å². The highest BCUT2D eigenvalue weighted by molar-refractivity contribution is 8.00. The number of hydrogen-bond donors (Lipinski definition) is 0. The van der Waals surface area contributed by atoms with E-state index in [2.05, 4.69) is 0 Å². The molecular formula is C16H17F3N2O2S. The third-order valence-corrected chi connectivity index (χ3v) is 5.07. The van der Waals surface area contributed by atoms with Crippen LogP contribution in [0.25, 0.3) is 0 Å². The molecule has 0 atom stereocenters. The summed E-state index contributed by atoms with van der Waals surface area (Å²) in [4.78, 5) is 27.1. The van der Waals surface area contributed by atoms with E-state index in [4.69, 9.17) is 0 Å². The van der Waals surface area contributed by atoms with Crippen molar-refractivity contribution in [3.63, 3.8) is 0 Å². The Hall–Kier alpha value is -1.70. The molecule has 130 valence electrons. The molecule has 4 nitrogen and oxygen atoms in total. The molecule has 2 aliphatic rings. The average molecular weight is 358 g/mol. The van der Waals surface area contributed by atoms with Crippen LogP contribution in [0.4, 0.5) is 13.2 Å². The Labute approximate surface area is 142 Å². The van der Waals surface area contributed by atoms with Crippen LogP contribution in [-0.4, -0.2) is 45.8 Å². The van der Waals surface area contributed by atoms with Gasteiger partial charge in [0.15, 0.2) is 0 Å². The number of rotatable bonds is 5. The largest absolute Gasteiger partial charge is 0.416 e. The van der Waals surface area contributed by atoms with Gasteiger partial charge < -0.3 is 9.80 Å². The Balaban J connectivity index is 1.75. The molecule has 2 amide bonds. The van der Waals surface area contributed by atoms with Gasteiger partial charge in [-0.1, -0.05) is 18.2 Å². The van der Waals surface area contributed by atoms with Crippen molar-refractivity contribution in [3.8, 4) is 0 Å². The number of amides is 2. The van der Waals surface area contributed by atoms with Gasteiger partial charge >= 0.3 is 6.18 Å². The molecule has 0 aromatic heterocycles. The fraction of sp³-hybridized carbons (Fsp3) is 0.500. The molecule has 8 heteroatoms. The summed E-state index contributed by atoms with van der Waals surface area (Å²) < 4.78 is 39.4. The Morgan fingerprint density at radius 2 is 2.00 bits per heavy atom. The molecule has 24 heavy (non-hydrogen) atoms. The van der Waals surface area contributed by atoms with E-state index in [0.29, 0.717) is 11.6 Å². The van der Waals surface area contributed by atoms with Crippen LogP contribution in [0.15, 0.2) is 24.3 Å². The lowest BCUT2D eigenvalue weighted by Crippen LogP contribution is -2.42. The monoisotopic (exact) mass is 358 g/mol. The maximum absolute atomic E-state index is 13.1. The molecule has 1 saturated carbocycles. The first-order valence-electron chi connectivity index (χ1n) is 7.66. The van der Waals surface area contributed by atoms with E-state index in [1.165, 1.54) is 33.7 Å². The topological polar surface area (TPSA) is 40.6 Å². The molecule has 1 heterocycles. The normalized spacial score (nSPS) is 18.1. The Morgan fingerprint density at radius 1 is 1.29 bits per heavy atom. The van der Waals surface area contributed by atoms with Crippen molar-refractivity contribution < 1.29 is 22.8 Å². The second-order valence-corrected chi connectivity index (χ2v) is 6.93. The lowest BCUT2D eigenvalue weighted by Gasteiger charge is -2.26. The van der Waals surface area contributed by atoms with Crippen LogP contribution in [0, 0.1) is 0 Å². The van der Waals surface area contributed by atoms with E-state index >= 15 is 0 Å². The van der Waals surface area contributed by atoms with Gasteiger partial charge in [0, 0.05) is 12.6 Å². The maximum Gasteiger partial charge on any atom is 0.416 e. The minimum atomic E-state index is -4.45. The fourth-order valence-electron chi connectivity index (χ4n) is 2.72. The van der Waals surface area contributed by atoms with Crippen LogP contribution in [0.3, 0.4) is 0 Å². The van der Waals surface area contributed by atoms with E-state index in [-0.39, 0.29) is 36.5 Å². The summed E-state index contributed by atoms with van der Waals surface area (Å²) in [6.45, 7) is -0.134. The summed E-state index contributed by atoms with van der Waals surface area (Å²) in [7, 11) is 0. The second kappa shape index (κ2) is 6.66. The highest BCUT2D eigenvalue weighted by Gasteiger charge is 2.37. The van der Waals surface area contributed by atoms with Crippen LogP contribution in [0.1, 0.15) is 24.0 Å². The van der Waals surface area contributed by atoms with Gasteiger partial charge in [-0.3, -0.25) is 9.59 Å². The van der Waals surface area contributed by atoms with E-state index in [0.717, 1.165) is 18.9 Å². The molecule has 1 aliphatic heterocycles. The summed E-state index contributed by atoms with van der Waals surface area (Å²) in [5, 5.41) is 0. The Kier molecular flexibility index (Phi) is 4.76. The van der Waals surface area contributed by atoms with Gasteiger partial charge in [0.05, 0.1) is 17.2 Å². The van der Waals surface area contributed by atoms with Crippen molar-refractivity contribution in [2.75, 3.05) is 18.2 Å². The predicted octanol–water partition coefficient (Wildman–Crippen LogP) is 2.73. The van der Waals surface area contributed by atoms with E-state index in [9.17, 15) is 22.8 Å². The number of carbonyl (C=O) groups is 2. The van der Waals surface area contributed by atoms with Crippen LogP contribution in [0.5, 0.6) is 0 Å². The molecular weight excluding hydrogens is 341 g/mol. The highest BCUT2D eigenvalue weighted by Crippen LogP contribution is 2.35. The smallest absolute Gasteiger partial charge is 0.334 e. The molecule has 0 unspecified atom stereocenters. The van der Waals surface area contributed by atoms with E-state index in [1.54, 1.807) is 6.07 Å². The zero-order valence-corrected chi connectivity index (χ0v) is 13.7. The lowest BCUT2D eigenvalue weighted by molar-refractivity contribution is -0.141. The molecule has 1 aromatic rings. The van der Waals surface area contributed by atoms with Gasteiger partial charge in [-0.15, -0.1) is 11.8 Å². The molecule has 0 radical (unpaired) electrons. The molecule has 1 saturated heterocycles. The number of alkyl halides is 3. The third-order valence-electron chi connectivity index (χ3n) is 4.12. The van der Waals surface area contributed by atoms with Crippen LogP contribution in [0.2, 0.25) is 0 Å². The molecule has 2 fully saturated rings. The van der Waals surface area contributed by atoms with Crippen molar-refractivity contribution in [1.29, 1.82) is 0 Å². The van der Waals surface area contributed by atoms with Crippen molar-refractivity contribution in [2.24, 2.45) is 0 Å². The maximum atomic E-state index is 13.1. The summed E-state index contributed by atoms with van der Waals surface area (Å²) in [6, 6.07) is 5.30. The first-order valence-corrected chi connectivity index (χ1v) is 8.82. The first kappa shape index (κ1) is 17.1. The van der Waals surface area contributed by atoms with Gasteiger partial charge in [0.25, 0.3) is 0 Å². The summed E-state index contributed by atoms with van der Waals surface area (Å²) in [5.74, 6) is 0.431. The molecule has 0 bridgehead atoms. The van der Waals surface area contributed by atoms with Crippen LogP contribution in [-0.2, 0) is 22.3 Å². The van der Waals surface area contributed by atoms with Crippen LogP contribution >= 0.6 is 11.8 Å². The zero-order valence-electron chi connectivity index (χ0n) is 12.9. The Bertz CT molecular complexity index is 646. The molecule has 0 spiro atoms. The Morgan fingerprint density at radius 3 is 2.58 bits per heavy atom. The third kappa shape index (κ3) is 3.85. The fourth-order valence-corrected chi connectivity index (χ4v) is 3.62. The summed E-state index contributed by atoms with van der Waals surface area (Å²) in [6.07, 6.45) is -2.86. The number of carbonyl (C=O) groups excluding carboxylic acids is 2. The first-order chi connectivity index (χ1) is 11.4. The van der Waals surface area contributed by atoms with Gasteiger partial charge in [-0.25, -0.2) is 0 Å². The highest BCUT2D eigenvalue weighted by atomic mass is 32.2. The zero-order chi connectivity index (χ0) is 17.3. The standard InChI is InChI=1S/C16H17F3N2O2S/c17-16(18,19)13-4-2-1-3-11(13)7-21(12-5-6-12)14(22)8-20-10-24-9-15(20)23/h1-4,12H,5-10H2. The number of nitrogens with zero attached hydrogens (tertiary/aromatic N) is 2. The van der Waals surface area contributed by atoms with Crippen molar-refractivity contribution in [2.45, 2.75) is 31.6 Å². The average Bonchev–Trinajstić information content (AvgIpc) is 3.28. The van der Waals surface area contributed by atoms with Crippen LogP contribution < -0.4 is 0 Å². The van der Waals surface area contributed by atoms with Crippen molar-refractivity contribution in [3.05, 3.63) is 35.4 Å². The van der Waals surface area contributed by atoms with E-state index < -0.39 is 11.7 Å². The minimum Gasteiger partial charge on any atom is -0.334 e. The second-order valence-electron chi connectivity index (χ2n) is 5.98.